The molecular formula is C18H19F3N2O. The van der Waals surface area contributed by atoms with Crippen molar-refractivity contribution in [3.63, 3.8) is 0 Å². The van der Waals surface area contributed by atoms with Gasteiger partial charge in [-0.25, -0.2) is 0 Å². The number of carbonyl (C=O) groups is 1. The molecule has 1 aliphatic heterocycles. The molecule has 0 bridgehead atoms. The van der Waals surface area contributed by atoms with Crippen LogP contribution in [0.25, 0.3) is 10.8 Å². The summed E-state index contributed by atoms with van der Waals surface area (Å²) in [5, 5.41) is 2.71. The number of alkyl halides is 3. The maximum absolute atomic E-state index is 13.8. The Labute approximate surface area is 138 Å². The van der Waals surface area contributed by atoms with Crippen molar-refractivity contribution in [3.8, 4) is 0 Å². The van der Waals surface area contributed by atoms with Crippen LogP contribution in [0.3, 0.4) is 0 Å². The van der Waals surface area contributed by atoms with Gasteiger partial charge in [-0.15, -0.1) is 0 Å². The minimum atomic E-state index is -4.51. The number of carbonyl (C=O) groups excluding carboxylic acids is 1. The maximum atomic E-state index is 13.8. The van der Waals surface area contributed by atoms with E-state index in [0.29, 0.717) is 0 Å². The summed E-state index contributed by atoms with van der Waals surface area (Å²) >= 11 is 0. The largest absolute Gasteiger partial charge is 0.409 e. The Kier molecular flexibility index (Phi) is 3.83. The van der Waals surface area contributed by atoms with E-state index in [1.54, 1.807) is 26.0 Å². The van der Waals surface area contributed by atoms with Crippen LogP contribution < -0.4 is 5.43 Å². The predicted molar refractivity (Wildman–Crippen MR) is 86.2 cm³/mol. The molecule has 6 heteroatoms. The van der Waals surface area contributed by atoms with Crippen LogP contribution in [0.4, 0.5) is 13.2 Å². The fourth-order valence-electron chi connectivity index (χ4n) is 3.32. The lowest BCUT2D eigenvalue weighted by Gasteiger charge is -2.38. The van der Waals surface area contributed by atoms with Crippen molar-refractivity contribution in [1.29, 1.82) is 0 Å². The van der Waals surface area contributed by atoms with Crippen LogP contribution in [-0.2, 0) is 4.79 Å². The molecule has 3 rings (SSSR count). The fourth-order valence-corrected chi connectivity index (χ4v) is 3.32. The molecule has 2 aromatic rings. The number of hydrogen-bond donors (Lipinski definition) is 1. The number of nitrogens with zero attached hydrogens (tertiary/aromatic N) is 1. The molecule has 1 saturated heterocycles. The van der Waals surface area contributed by atoms with E-state index >= 15 is 0 Å². The van der Waals surface area contributed by atoms with Crippen molar-refractivity contribution >= 4 is 16.7 Å². The minimum absolute atomic E-state index is 0.0339. The van der Waals surface area contributed by atoms with Crippen LogP contribution in [0.2, 0.25) is 0 Å². The Hall–Kier alpha value is -2.08. The van der Waals surface area contributed by atoms with E-state index in [2.05, 4.69) is 5.43 Å². The van der Waals surface area contributed by atoms with E-state index in [1.807, 2.05) is 25.1 Å². The number of rotatable bonds is 2. The van der Waals surface area contributed by atoms with Crippen LogP contribution in [0, 0.1) is 6.92 Å². The molecular weight excluding hydrogens is 317 g/mol. The molecule has 1 heterocycles. The standard InChI is InChI=1S/C18H19F3N2O/c1-11-5-4-6-12-7-8-13(9-14(11)12)16(18(19,20)21)23-17(2,3)10-15(24)22-23/h4-9,16H,10H2,1-3H3,(H,22,24). The molecule has 0 aromatic heterocycles. The molecule has 0 aliphatic carbocycles. The van der Waals surface area contributed by atoms with Crippen molar-refractivity contribution in [2.45, 2.75) is 44.9 Å². The highest BCUT2D eigenvalue weighted by molar-refractivity contribution is 5.86. The molecule has 1 N–H and O–H groups in total. The third kappa shape index (κ3) is 2.86. The van der Waals surface area contributed by atoms with Crippen molar-refractivity contribution in [2.24, 2.45) is 0 Å². The second-order valence-electron chi connectivity index (χ2n) is 6.89. The lowest BCUT2D eigenvalue weighted by molar-refractivity contribution is -0.203. The van der Waals surface area contributed by atoms with Crippen molar-refractivity contribution in [2.75, 3.05) is 0 Å². The van der Waals surface area contributed by atoms with Gasteiger partial charge >= 0.3 is 6.18 Å². The number of nitrogens with one attached hydrogen (secondary N) is 1. The molecule has 128 valence electrons. The summed E-state index contributed by atoms with van der Waals surface area (Å²) in [7, 11) is 0. The first-order valence-electron chi connectivity index (χ1n) is 7.74. The van der Waals surface area contributed by atoms with Gasteiger partial charge in [0.25, 0.3) is 0 Å². The maximum Gasteiger partial charge on any atom is 0.409 e. The fraction of sp³-hybridized carbons (Fsp3) is 0.389. The summed E-state index contributed by atoms with van der Waals surface area (Å²) in [6.45, 7) is 5.14. The third-order valence-corrected chi connectivity index (χ3v) is 4.50. The highest BCUT2D eigenvalue weighted by Crippen LogP contribution is 2.43. The molecule has 3 nitrogen and oxygen atoms in total. The minimum Gasteiger partial charge on any atom is -0.287 e. The number of halogens is 3. The first-order valence-corrected chi connectivity index (χ1v) is 7.74. The van der Waals surface area contributed by atoms with E-state index in [-0.39, 0.29) is 12.0 Å². The highest BCUT2D eigenvalue weighted by atomic mass is 19.4. The van der Waals surface area contributed by atoms with Crippen LogP contribution in [0.15, 0.2) is 36.4 Å². The van der Waals surface area contributed by atoms with Crippen molar-refractivity contribution < 1.29 is 18.0 Å². The van der Waals surface area contributed by atoms with Crippen LogP contribution >= 0.6 is 0 Å². The summed E-state index contributed by atoms with van der Waals surface area (Å²) in [5.74, 6) is -0.397. The molecule has 1 atom stereocenters. The van der Waals surface area contributed by atoms with Crippen LogP contribution in [0.1, 0.15) is 37.4 Å². The monoisotopic (exact) mass is 336 g/mol. The summed E-state index contributed by atoms with van der Waals surface area (Å²) in [4.78, 5) is 11.7. The zero-order valence-corrected chi connectivity index (χ0v) is 13.7. The molecule has 1 unspecified atom stereocenters. The average Bonchev–Trinajstić information content (AvgIpc) is 2.71. The molecule has 1 aliphatic rings. The number of fused-ring (bicyclic) bond motifs is 1. The van der Waals surface area contributed by atoms with Crippen LogP contribution in [-0.4, -0.2) is 22.6 Å². The lowest BCUT2D eigenvalue weighted by atomic mass is 9.94. The van der Waals surface area contributed by atoms with E-state index < -0.39 is 23.7 Å². The molecule has 0 saturated carbocycles. The SMILES string of the molecule is Cc1cccc2ccc(C(N3NC(=O)CC3(C)C)C(F)(F)F)cc12. The van der Waals surface area contributed by atoms with Gasteiger partial charge in [-0.3, -0.25) is 10.2 Å². The normalized spacial score (nSPS) is 19.5. The van der Waals surface area contributed by atoms with Crippen molar-refractivity contribution in [3.05, 3.63) is 47.5 Å². The Morgan fingerprint density at radius 3 is 2.50 bits per heavy atom. The molecule has 2 aromatic carbocycles. The zero-order valence-electron chi connectivity index (χ0n) is 13.7. The van der Waals surface area contributed by atoms with Gasteiger partial charge in [0.05, 0.1) is 0 Å². The Morgan fingerprint density at radius 1 is 1.21 bits per heavy atom. The van der Waals surface area contributed by atoms with Gasteiger partial charge in [-0.05, 0) is 48.7 Å². The predicted octanol–water partition coefficient (Wildman–Crippen LogP) is 4.27. The van der Waals surface area contributed by atoms with Gasteiger partial charge in [0, 0.05) is 12.0 Å². The number of aryl methyl sites for hydroxylation is 1. The van der Waals surface area contributed by atoms with E-state index in [4.69, 9.17) is 0 Å². The van der Waals surface area contributed by atoms with Gasteiger partial charge in [0.2, 0.25) is 5.91 Å². The molecule has 1 amide bonds. The second-order valence-corrected chi connectivity index (χ2v) is 6.89. The topological polar surface area (TPSA) is 32.3 Å². The molecule has 0 spiro atoms. The molecule has 24 heavy (non-hydrogen) atoms. The average molecular weight is 336 g/mol. The number of benzene rings is 2. The van der Waals surface area contributed by atoms with Gasteiger partial charge in [-0.2, -0.15) is 18.2 Å². The van der Waals surface area contributed by atoms with Gasteiger partial charge in [0.15, 0.2) is 6.04 Å². The van der Waals surface area contributed by atoms with Gasteiger partial charge in [-0.1, -0.05) is 30.3 Å². The smallest absolute Gasteiger partial charge is 0.287 e. The van der Waals surface area contributed by atoms with E-state index in [1.165, 1.54) is 6.07 Å². The number of hydrogen-bond acceptors (Lipinski definition) is 2. The zero-order chi connectivity index (χ0) is 17.7. The number of hydrazine groups is 1. The summed E-state index contributed by atoms with van der Waals surface area (Å²) in [6.07, 6.45) is -4.47. The van der Waals surface area contributed by atoms with Crippen LogP contribution in [0.5, 0.6) is 0 Å². The Bertz CT molecular complexity index is 798. The highest BCUT2D eigenvalue weighted by Gasteiger charge is 2.52. The quantitative estimate of drug-likeness (QED) is 0.888. The second kappa shape index (κ2) is 5.48. The van der Waals surface area contributed by atoms with Gasteiger partial charge in [0.1, 0.15) is 0 Å². The summed E-state index contributed by atoms with van der Waals surface area (Å²) < 4.78 is 41.5. The van der Waals surface area contributed by atoms with E-state index in [0.717, 1.165) is 21.3 Å². The Balaban J connectivity index is 2.14. The third-order valence-electron chi connectivity index (χ3n) is 4.50. The first kappa shape index (κ1) is 16.8. The summed E-state index contributed by atoms with van der Waals surface area (Å²) in [6, 6.07) is 8.49. The first-order chi connectivity index (χ1) is 11.1. The Morgan fingerprint density at radius 2 is 1.92 bits per heavy atom. The van der Waals surface area contributed by atoms with Gasteiger partial charge < -0.3 is 0 Å². The lowest BCUT2D eigenvalue weighted by Crippen LogP contribution is -2.51. The van der Waals surface area contributed by atoms with E-state index in [9.17, 15) is 18.0 Å². The number of amides is 1. The molecule has 0 radical (unpaired) electrons. The molecule has 1 fully saturated rings. The van der Waals surface area contributed by atoms with Crippen molar-refractivity contribution in [1.82, 2.24) is 10.4 Å². The summed E-state index contributed by atoms with van der Waals surface area (Å²) in [5.41, 5.74) is 2.51.